The fourth-order valence-corrected chi connectivity index (χ4v) is 4.92. The summed E-state index contributed by atoms with van der Waals surface area (Å²) in [7, 11) is 0. The molecule has 1 aromatic heterocycles. The van der Waals surface area contributed by atoms with Gasteiger partial charge in [-0.2, -0.15) is 5.10 Å². The lowest BCUT2D eigenvalue weighted by Gasteiger charge is -2.35. The Bertz CT molecular complexity index is 1260. The first kappa shape index (κ1) is 18.8. The van der Waals surface area contributed by atoms with E-state index in [1.54, 1.807) is 20.7 Å². The maximum absolute atomic E-state index is 13.6. The molecule has 1 atom stereocenters. The third-order valence-corrected chi connectivity index (χ3v) is 6.31. The van der Waals surface area contributed by atoms with Crippen LogP contribution in [-0.2, 0) is 11.2 Å². The molecule has 0 N–H and O–H groups in total. The Balaban J connectivity index is 1.42. The summed E-state index contributed by atoms with van der Waals surface area (Å²) in [5.41, 5.74) is 3.68. The summed E-state index contributed by atoms with van der Waals surface area (Å²) in [6, 6.07) is 17.4. The summed E-state index contributed by atoms with van der Waals surface area (Å²) >= 11 is 0. The van der Waals surface area contributed by atoms with Crippen molar-refractivity contribution >= 4 is 29.3 Å². The number of benzene rings is 2. The van der Waals surface area contributed by atoms with Gasteiger partial charge in [0.2, 0.25) is 5.91 Å². The van der Waals surface area contributed by atoms with Crippen LogP contribution >= 0.6 is 0 Å². The third kappa shape index (κ3) is 2.69. The second kappa shape index (κ2) is 7.05. The molecule has 2 aromatic carbocycles. The molecule has 3 aliphatic rings. The molecule has 0 bridgehead atoms. The van der Waals surface area contributed by atoms with Gasteiger partial charge in [-0.25, -0.2) is 9.48 Å². The lowest BCUT2D eigenvalue weighted by atomic mass is 10.1. The molecular formula is C24H22N6O2. The number of aliphatic imine (C=N–C) groups is 1. The zero-order chi connectivity index (χ0) is 21.8. The Kier molecular flexibility index (Phi) is 4.14. The minimum Gasteiger partial charge on any atom is -0.307 e. The molecule has 160 valence electrons. The van der Waals surface area contributed by atoms with Crippen LogP contribution in [0.1, 0.15) is 18.1 Å². The van der Waals surface area contributed by atoms with Gasteiger partial charge in [-0.1, -0.05) is 36.4 Å². The van der Waals surface area contributed by atoms with Gasteiger partial charge in [-0.05, 0) is 37.1 Å². The molecule has 0 saturated carbocycles. The van der Waals surface area contributed by atoms with Gasteiger partial charge in [-0.3, -0.25) is 19.6 Å². The lowest BCUT2D eigenvalue weighted by molar-refractivity contribution is -0.117. The van der Waals surface area contributed by atoms with Crippen LogP contribution in [0.5, 0.6) is 0 Å². The van der Waals surface area contributed by atoms with Crippen molar-refractivity contribution in [1.82, 2.24) is 14.7 Å². The standard InChI is InChI=1S/C24H22N6O2/c1-16-13-17-7-5-6-10-20(17)29(16)21(31)15-28-23-19(22-25-11-12-27(22)24(28)32)14-26-30(23)18-8-3-2-4-9-18/h2-10,14,16H,11-13,15H2,1H3/t16-/m0/s1. The summed E-state index contributed by atoms with van der Waals surface area (Å²) in [4.78, 5) is 36.6. The minimum atomic E-state index is -0.236. The molecule has 3 aromatic rings. The molecule has 3 amide bonds. The van der Waals surface area contributed by atoms with E-state index < -0.39 is 0 Å². The van der Waals surface area contributed by atoms with Crippen LogP contribution in [-0.4, -0.2) is 58.1 Å². The van der Waals surface area contributed by atoms with Crippen LogP contribution in [0.3, 0.4) is 0 Å². The number of aromatic nitrogens is 2. The summed E-state index contributed by atoms with van der Waals surface area (Å²) in [5.74, 6) is 1.12. The molecule has 4 heterocycles. The van der Waals surface area contributed by atoms with Gasteiger partial charge in [0.15, 0.2) is 5.82 Å². The van der Waals surface area contributed by atoms with E-state index in [0.717, 1.165) is 28.9 Å². The highest BCUT2D eigenvalue weighted by Gasteiger charge is 2.42. The van der Waals surface area contributed by atoms with Crippen molar-refractivity contribution in [2.75, 3.05) is 29.4 Å². The predicted octanol–water partition coefficient (Wildman–Crippen LogP) is 2.85. The largest absolute Gasteiger partial charge is 0.331 e. The Morgan fingerprint density at radius 2 is 1.88 bits per heavy atom. The van der Waals surface area contributed by atoms with E-state index in [1.165, 1.54) is 0 Å². The number of carbonyl (C=O) groups is 2. The third-order valence-electron chi connectivity index (χ3n) is 6.31. The Hall–Kier alpha value is -3.94. The molecule has 0 fully saturated rings. The van der Waals surface area contributed by atoms with Gasteiger partial charge in [0.1, 0.15) is 12.4 Å². The number of carbonyl (C=O) groups excluding carboxylic acids is 2. The monoisotopic (exact) mass is 426 g/mol. The van der Waals surface area contributed by atoms with E-state index in [1.807, 2.05) is 60.4 Å². The van der Waals surface area contributed by atoms with E-state index in [2.05, 4.69) is 16.2 Å². The number of amides is 3. The van der Waals surface area contributed by atoms with Crippen molar-refractivity contribution in [3.63, 3.8) is 0 Å². The fraction of sp³-hybridized carbons (Fsp3) is 0.250. The highest BCUT2D eigenvalue weighted by molar-refractivity contribution is 6.20. The minimum absolute atomic E-state index is 0.0437. The predicted molar refractivity (Wildman–Crippen MR) is 122 cm³/mol. The number of amidine groups is 1. The number of anilines is 2. The maximum Gasteiger partial charge on any atom is 0.331 e. The Morgan fingerprint density at radius 3 is 2.72 bits per heavy atom. The highest BCUT2D eigenvalue weighted by atomic mass is 16.2. The highest BCUT2D eigenvalue weighted by Crippen LogP contribution is 2.35. The van der Waals surface area contributed by atoms with Gasteiger partial charge in [0, 0.05) is 18.3 Å². The first-order valence-corrected chi connectivity index (χ1v) is 10.8. The first-order valence-electron chi connectivity index (χ1n) is 10.8. The van der Waals surface area contributed by atoms with Crippen molar-refractivity contribution in [2.45, 2.75) is 19.4 Å². The van der Waals surface area contributed by atoms with Crippen LogP contribution in [0.4, 0.5) is 16.3 Å². The van der Waals surface area contributed by atoms with Gasteiger partial charge in [-0.15, -0.1) is 0 Å². The number of hydrogen-bond donors (Lipinski definition) is 0. The van der Waals surface area contributed by atoms with Gasteiger partial charge < -0.3 is 4.90 Å². The molecule has 8 nitrogen and oxygen atoms in total. The zero-order valence-electron chi connectivity index (χ0n) is 17.7. The lowest BCUT2D eigenvalue weighted by Crippen LogP contribution is -2.54. The van der Waals surface area contributed by atoms with E-state index >= 15 is 0 Å². The quantitative estimate of drug-likeness (QED) is 0.646. The summed E-state index contributed by atoms with van der Waals surface area (Å²) in [6.45, 7) is 3.04. The number of rotatable bonds is 3. The number of nitrogens with zero attached hydrogens (tertiary/aromatic N) is 6. The fourth-order valence-electron chi connectivity index (χ4n) is 4.92. The number of fused-ring (bicyclic) bond motifs is 4. The molecule has 0 unspecified atom stereocenters. The summed E-state index contributed by atoms with van der Waals surface area (Å²) < 4.78 is 1.72. The van der Waals surface area contributed by atoms with Crippen LogP contribution in [0.2, 0.25) is 0 Å². The molecule has 6 rings (SSSR count). The number of urea groups is 1. The van der Waals surface area contributed by atoms with Crippen LogP contribution in [0, 0.1) is 0 Å². The molecule has 0 aliphatic carbocycles. The average molecular weight is 426 g/mol. The number of para-hydroxylation sites is 2. The van der Waals surface area contributed by atoms with E-state index in [9.17, 15) is 9.59 Å². The Labute approximate surface area is 185 Å². The average Bonchev–Trinajstić information content (AvgIpc) is 3.52. The van der Waals surface area contributed by atoms with Crippen molar-refractivity contribution < 1.29 is 9.59 Å². The van der Waals surface area contributed by atoms with E-state index in [-0.39, 0.29) is 24.5 Å². The molecule has 8 heteroatoms. The summed E-state index contributed by atoms with van der Waals surface area (Å²) in [5, 5.41) is 4.56. The summed E-state index contributed by atoms with van der Waals surface area (Å²) in [6.07, 6.45) is 2.54. The normalized spacial score (nSPS) is 19.0. The van der Waals surface area contributed by atoms with Crippen LogP contribution in [0.25, 0.3) is 5.69 Å². The van der Waals surface area contributed by atoms with E-state index in [4.69, 9.17) is 0 Å². The molecule has 0 spiro atoms. The Morgan fingerprint density at radius 1 is 1.09 bits per heavy atom. The van der Waals surface area contributed by atoms with Crippen LogP contribution < -0.4 is 9.80 Å². The smallest absolute Gasteiger partial charge is 0.307 e. The topological polar surface area (TPSA) is 74.0 Å². The second-order valence-corrected chi connectivity index (χ2v) is 8.30. The number of hydrogen-bond acceptors (Lipinski definition) is 4. The molecule has 3 aliphatic heterocycles. The van der Waals surface area contributed by atoms with Gasteiger partial charge in [0.25, 0.3) is 0 Å². The molecule has 0 saturated heterocycles. The van der Waals surface area contributed by atoms with Crippen LogP contribution in [0.15, 0.2) is 65.8 Å². The van der Waals surface area contributed by atoms with Gasteiger partial charge in [0.05, 0.1) is 24.0 Å². The van der Waals surface area contributed by atoms with Gasteiger partial charge >= 0.3 is 6.03 Å². The SMILES string of the molecule is C[C@H]1Cc2ccccc2N1C(=O)CN1C(=O)N2CCN=C2c2cnn(-c3ccccc3)c21. The zero-order valence-corrected chi connectivity index (χ0v) is 17.7. The second-order valence-electron chi connectivity index (χ2n) is 8.30. The van der Waals surface area contributed by atoms with Crippen molar-refractivity contribution in [2.24, 2.45) is 4.99 Å². The maximum atomic E-state index is 13.6. The first-order chi connectivity index (χ1) is 15.6. The molecule has 32 heavy (non-hydrogen) atoms. The van der Waals surface area contributed by atoms with E-state index in [0.29, 0.717) is 24.7 Å². The van der Waals surface area contributed by atoms with Crippen molar-refractivity contribution in [3.8, 4) is 5.69 Å². The van der Waals surface area contributed by atoms with Crippen molar-refractivity contribution in [3.05, 3.63) is 71.9 Å². The van der Waals surface area contributed by atoms with Crippen molar-refractivity contribution in [1.29, 1.82) is 0 Å². The molecular weight excluding hydrogens is 404 g/mol. The molecule has 0 radical (unpaired) electrons.